The summed E-state index contributed by atoms with van der Waals surface area (Å²) in [5.74, 6) is 0.571. The van der Waals surface area contributed by atoms with Crippen molar-refractivity contribution in [1.29, 1.82) is 0 Å². The van der Waals surface area contributed by atoms with Crippen LogP contribution in [0.5, 0.6) is 0 Å². The highest BCUT2D eigenvalue weighted by atomic mass is 32.2. The number of nitrogens with one attached hydrogen (secondary N) is 1. The average molecular weight is 314 g/mol. The molecule has 0 bridgehead atoms. The number of hydrogen-bond donors (Lipinski definition) is 1. The van der Waals surface area contributed by atoms with Crippen molar-refractivity contribution in [2.24, 2.45) is 5.92 Å². The predicted molar refractivity (Wildman–Crippen MR) is 81.5 cm³/mol. The van der Waals surface area contributed by atoms with Gasteiger partial charge in [-0.05, 0) is 49.5 Å². The highest BCUT2D eigenvalue weighted by molar-refractivity contribution is 7.89. The average Bonchev–Trinajstić information content (AvgIpc) is 3.28. The van der Waals surface area contributed by atoms with Gasteiger partial charge in [-0.2, -0.15) is 0 Å². The molecule has 1 heterocycles. The van der Waals surface area contributed by atoms with Gasteiger partial charge in [0, 0.05) is 31.1 Å². The number of hydrogen-bond acceptors (Lipinski definition) is 4. The van der Waals surface area contributed by atoms with E-state index in [4.69, 9.17) is 0 Å². The van der Waals surface area contributed by atoms with E-state index in [1.54, 1.807) is 22.7 Å². The van der Waals surface area contributed by atoms with E-state index < -0.39 is 10.0 Å². The first-order chi connectivity index (χ1) is 9.48. The fourth-order valence-corrected chi connectivity index (χ4v) is 5.35. The van der Waals surface area contributed by atoms with Crippen LogP contribution in [-0.4, -0.2) is 32.4 Å². The van der Waals surface area contributed by atoms with Crippen LogP contribution < -0.4 is 5.32 Å². The summed E-state index contributed by atoms with van der Waals surface area (Å²) < 4.78 is 27.1. The van der Waals surface area contributed by atoms with E-state index in [0.717, 1.165) is 10.4 Å². The van der Waals surface area contributed by atoms with Crippen LogP contribution in [0.4, 0.5) is 0 Å². The molecule has 0 aromatic carbocycles. The second-order valence-corrected chi connectivity index (χ2v) is 9.00. The van der Waals surface area contributed by atoms with Gasteiger partial charge in [0.1, 0.15) is 4.90 Å². The number of nitrogens with zero attached hydrogens (tertiary/aromatic N) is 1. The van der Waals surface area contributed by atoms with Gasteiger partial charge >= 0.3 is 0 Å². The summed E-state index contributed by atoms with van der Waals surface area (Å²) in [6.45, 7) is 3.23. The zero-order chi connectivity index (χ0) is 14.3. The SMILES string of the molecule is Cc1csc(CNC2CC2)c1S(=O)(=O)N(C)CC1CC1. The van der Waals surface area contributed by atoms with E-state index in [1.165, 1.54) is 25.7 Å². The molecular weight excluding hydrogens is 292 g/mol. The van der Waals surface area contributed by atoms with Crippen molar-refractivity contribution >= 4 is 21.4 Å². The normalized spacial score (nSPS) is 19.8. The van der Waals surface area contributed by atoms with Crippen molar-refractivity contribution < 1.29 is 8.42 Å². The molecule has 0 atom stereocenters. The topological polar surface area (TPSA) is 49.4 Å². The molecule has 2 fully saturated rings. The molecule has 0 saturated heterocycles. The summed E-state index contributed by atoms with van der Waals surface area (Å²) in [4.78, 5) is 1.50. The fraction of sp³-hybridized carbons (Fsp3) is 0.714. The Hall–Kier alpha value is -0.430. The molecule has 2 aliphatic rings. The summed E-state index contributed by atoms with van der Waals surface area (Å²) in [6.07, 6.45) is 4.76. The third-order valence-corrected chi connectivity index (χ3v) is 7.29. The Morgan fingerprint density at radius 1 is 1.35 bits per heavy atom. The molecule has 0 radical (unpaired) electrons. The molecule has 2 aliphatic carbocycles. The van der Waals surface area contributed by atoms with Gasteiger partial charge < -0.3 is 5.32 Å². The van der Waals surface area contributed by atoms with Gasteiger partial charge in [0.2, 0.25) is 10.0 Å². The van der Waals surface area contributed by atoms with E-state index in [-0.39, 0.29) is 0 Å². The van der Waals surface area contributed by atoms with Crippen LogP contribution in [0.15, 0.2) is 10.3 Å². The lowest BCUT2D eigenvalue weighted by Gasteiger charge is -2.18. The lowest BCUT2D eigenvalue weighted by Crippen LogP contribution is -2.30. The van der Waals surface area contributed by atoms with Gasteiger partial charge in [0.15, 0.2) is 0 Å². The molecule has 3 rings (SSSR count). The zero-order valence-electron chi connectivity index (χ0n) is 12.1. The van der Waals surface area contributed by atoms with Gasteiger partial charge in [-0.3, -0.25) is 0 Å². The lowest BCUT2D eigenvalue weighted by molar-refractivity contribution is 0.452. The molecule has 0 amide bonds. The number of rotatable bonds is 7. The Labute approximate surface area is 125 Å². The summed E-state index contributed by atoms with van der Waals surface area (Å²) in [5, 5.41) is 5.38. The van der Waals surface area contributed by atoms with Crippen LogP contribution in [0.25, 0.3) is 0 Å². The summed E-state index contributed by atoms with van der Waals surface area (Å²) in [6, 6.07) is 0.595. The van der Waals surface area contributed by atoms with Crippen LogP contribution >= 0.6 is 11.3 Å². The Balaban J connectivity index is 1.80. The molecule has 2 saturated carbocycles. The fourth-order valence-electron chi connectivity index (χ4n) is 2.40. The summed E-state index contributed by atoms with van der Waals surface area (Å²) in [5.41, 5.74) is 0.880. The van der Waals surface area contributed by atoms with Gasteiger partial charge in [-0.25, -0.2) is 12.7 Å². The van der Waals surface area contributed by atoms with Crippen molar-refractivity contribution in [2.75, 3.05) is 13.6 Å². The molecule has 20 heavy (non-hydrogen) atoms. The second kappa shape index (κ2) is 5.40. The third kappa shape index (κ3) is 3.08. The van der Waals surface area contributed by atoms with Gasteiger partial charge in [0.25, 0.3) is 0 Å². The molecule has 0 unspecified atom stereocenters. The first-order valence-electron chi connectivity index (χ1n) is 7.25. The standard InChI is InChI=1S/C14H22N2O2S2/c1-10-9-19-13(7-15-12-5-6-12)14(10)20(17,18)16(2)8-11-3-4-11/h9,11-12,15H,3-8H2,1-2H3. The molecular formula is C14H22N2O2S2. The highest BCUT2D eigenvalue weighted by Gasteiger charge is 2.32. The highest BCUT2D eigenvalue weighted by Crippen LogP contribution is 2.34. The quantitative estimate of drug-likeness (QED) is 0.840. The van der Waals surface area contributed by atoms with Crippen molar-refractivity contribution in [3.05, 3.63) is 15.8 Å². The van der Waals surface area contributed by atoms with Crippen LogP contribution in [0.1, 0.15) is 36.1 Å². The molecule has 0 aliphatic heterocycles. The molecule has 112 valence electrons. The van der Waals surface area contributed by atoms with Gasteiger partial charge in [0.05, 0.1) is 0 Å². The maximum Gasteiger partial charge on any atom is 0.244 e. The summed E-state index contributed by atoms with van der Waals surface area (Å²) >= 11 is 1.56. The van der Waals surface area contributed by atoms with Crippen molar-refractivity contribution in [3.8, 4) is 0 Å². The predicted octanol–water partition coefficient (Wildman–Crippen LogP) is 2.34. The van der Waals surface area contributed by atoms with E-state index in [0.29, 0.717) is 29.9 Å². The summed E-state index contributed by atoms with van der Waals surface area (Å²) in [7, 11) is -1.62. The van der Waals surface area contributed by atoms with Crippen LogP contribution in [-0.2, 0) is 16.6 Å². The molecule has 1 aromatic heterocycles. The van der Waals surface area contributed by atoms with Crippen LogP contribution in [0.2, 0.25) is 0 Å². The van der Waals surface area contributed by atoms with E-state index in [9.17, 15) is 8.42 Å². The van der Waals surface area contributed by atoms with E-state index >= 15 is 0 Å². The van der Waals surface area contributed by atoms with Gasteiger partial charge in [-0.15, -0.1) is 11.3 Å². The van der Waals surface area contributed by atoms with Crippen molar-refractivity contribution in [2.45, 2.75) is 50.1 Å². The molecule has 1 aromatic rings. The Kier molecular flexibility index (Phi) is 3.92. The Morgan fingerprint density at radius 3 is 2.65 bits per heavy atom. The zero-order valence-corrected chi connectivity index (χ0v) is 13.7. The third-order valence-electron chi connectivity index (χ3n) is 4.00. The van der Waals surface area contributed by atoms with Gasteiger partial charge in [-0.1, -0.05) is 0 Å². The van der Waals surface area contributed by atoms with E-state index in [1.807, 2.05) is 12.3 Å². The maximum absolute atomic E-state index is 12.8. The molecule has 6 heteroatoms. The van der Waals surface area contributed by atoms with Crippen molar-refractivity contribution in [1.82, 2.24) is 9.62 Å². The smallest absolute Gasteiger partial charge is 0.244 e. The molecule has 0 spiro atoms. The first-order valence-corrected chi connectivity index (χ1v) is 9.57. The Morgan fingerprint density at radius 2 is 2.05 bits per heavy atom. The minimum Gasteiger partial charge on any atom is -0.309 e. The van der Waals surface area contributed by atoms with E-state index in [2.05, 4.69) is 5.32 Å². The van der Waals surface area contributed by atoms with Crippen molar-refractivity contribution in [3.63, 3.8) is 0 Å². The number of thiophene rings is 1. The second-order valence-electron chi connectivity index (χ2n) is 6.06. The van der Waals surface area contributed by atoms with Crippen LogP contribution in [0.3, 0.4) is 0 Å². The Bertz CT molecular complexity index is 586. The first kappa shape index (κ1) is 14.5. The monoisotopic (exact) mass is 314 g/mol. The number of aryl methyl sites for hydroxylation is 1. The molecule has 1 N–H and O–H groups in total. The lowest BCUT2D eigenvalue weighted by atomic mass is 10.3. The maximum atomic E-state index is 12.8. The minimum absolute atomic E-state index is 0.541. The molecule has 4 nitrogen and oxygen atoms in total. The minimum atomic E-state index is -3.34. The largest absolute Gasteiger partial charge is 0.309 e. The number of sulfonamides is 1. The van der Waals surface area contributed by atoms with Crippen LogP contribution in [0, 0.1) is 12.8 Å².